The second-order valence-electron chi connectivity index (χ2n) is 4.82. The van der Waals surface area contributed by atoms with Crippen molar-refractivity contribution in [3.8, 4) is 5.75 Å². The van der Waals surface area contributed by atoms with Gasteiger partial charge in [0.05, 0.1) is 7.11 Å². The van der Waals surface area contributed by atoms with E-state index < -0.39 is 0 Å². The third-order valence-corrected chi connectivity index (χ3v) is 2.49. The first-order chi connectivity index (χ1) is 7.50. The third kappa shape index (κ3) is 2.86. The molecule has 2 heteroatoms. The number of para-hydroxylation sites is 1. The maximum Gasteiger partial charge on any atom is 0.129 e. The molecule has 0 aliphatic rings. The minimum Gasteiger partial charge on any atom is -0.496 e. The van der Waals surface area contributed by atoms with Crippen molar-refractivity contribution < 1.29 is 4.74 Å². The zero-order chi connectivity index (χ0) is 12.2. The van der Waals surface area contributed by atoms with Gasteiger partial charge in [-0.05, 0) is 5.41 Å². The van der Waals surface area contributed by atoms with Crippen molar-refractivity contribution in [2.24, 2.45) is 5.73 Å². The van der Waals surface area contributed by atoms with Gasteiger partial charge in [-0.25, -0.2) is 0 Å². The number of ether oxygens (including phenoxy) is 1. The van der Waals surface area contributed by atoms with Gasteiger partial charge >= 0.3 is 0 Å². The predicted octanol–water partition coefficient (Wildman–Crippen LogP) is 2.96. The molecule has 0 radical (unpaired) electrons. The molecule has 0 unspecified atom stereocenters. The van der Waals surface area contributed by atoms with Crippen molar-refractivity contribution in [1.29, 1.82) is 0 Å². The number of methoxy groups -OCH3 is 1. The molecule has 0 atom stereocenters. The summed E-state index contributed by atoms with van der Waals surface area (Å²) in [5, 5.41) is 0. The molecule has 0 aromatic heterocycles. The van der Waals surface area contributed by atoms with Crippen molar-refractivity contribution in [2.45, 2.75) is 26.2 Å². The summed E-state index contributed by atoms with van der Waals surface area (Å²) in [6, 6.07) is 6.21. The van der Waals surface area contributed by atoms with E-state index in [1.165, 1.54) is 5.56 Å². The van der Waals surface area contributed by atoms with Crippen molar-refractivity contribution >= 4 is 6.08 Å². The topological polar surface area (TPSA) is 35.2 Å². The van der Waals surface area contributed by atoms with Gasteiger partial charge in [0.1, 0.15) is 5.75 Å². The molecule has 1 rings (SSSR count). The van der Waals surface area contributed by atoms with Gasteiger partial charge in [0, 0.05) is 17.7 Å². The Morgan fingerprint density at radius 3 is 2.50 bits per heavy atom. The fourth-order valence-electron chi connectivity index (χ4n) is 1.70. The minimum atomic E-state index is 0.0813. The van der Waals surface area contributed by atoms with Crippen LogP contribution in [0.4, 0.5) is 0 Å². The molecule has 0 aliphatic heterocycles. The van der Waals surface area contributed by atoms with Crippen LogP contribution in [0, 0.1) is 0 Å². The van der Waals surface area contributed by atoms with E-state index in [9.17, 15) is 0 Å². The predicted molar refractivity (Wildman–Crippen MR) is 69.8 cm³/mol. The van der Waals surface area contributed by atoms with Crippen molar-refractivity contribution in [3.63, 3.8) is 0 Å². The zero-order valence-corrected chi connectivity index (χ0v) is 10.6. The van der Waals surface area contributed by atoms with Gasteiger partial charge in [0.25, 0.3) is 0 Å². The van der Waals surface area contributed by atoms with E-state index >= 15 is 0 Å². The highest BCUT2D eigenvalue weighted by molar-refractivity contribution is 5.61. The lowest BCUT2D eigenvalue weighted by molar-refractivity contribution is 0.396. The fourth-order valence-corrected chi connectivity index (χ4v) is 1.70. The largest absolute Gasteiger partial charge is 0.496 e. The Kier molecular flexibility index (Phi) is 4.13. The average molecular weight is 219 g/mol. The van der Waals surface area contributed by atoms with Crippen LogP contribution >= 0.6 is 0 Å². The molecule has 0 spiro atoms. The van der Waals surface area contributed by atoms with Gasteiger partial charge in [-0.1, -0.05) is 51.1 Å². The van der Waals surface area contributed by atoms with E-state index in [2.05, 4.69) is 32.9 Å². The maximum absolute atomic E-state index is 5.51. The SMILES string of the molecule is COc1c(/C=C/CN)cccc1C(C)(C)C. The highest BCUT2D eigenvalue weighted by Gasteiger charge is 2.19. The molecule has 2 nitrogen and oxygen atoms in total. The molecule has 16 heavy (non-hydrogen) atoms. The number of hydrogen-bond acceptors (Lipinski definition) is 2. The second-order valence-corrected chi connectivity index (χ2v) is 4.82. The Morgan fingerprint density at radius 2 is 2.00 bits per heavy atom. The summed E-state index contributed by atoms with van der Waals surface area (Å²) in [6.07, 6.45) is 3.94. The normalized spacial score (nSPS) is 12.1. The Balaban J connectivity index is 3.26. The van der Waals surface area contributed by atoms with Crippen LogP contribution in [0.1, 0.15) is 31.9 Å². The number of benzene rings is 1. The summed E-state index contributed by atoms with van der Waals surface area (Å²) in [5.74, 6) is 0.944. The molecule has 0 saturated heterocycles. The number of hydrogen-bond donors (Lipinski definition) is 1. The summed E-state index contributed by atoms with van der Waals surface area (Å²) in [4.78, 5) is 0. The molecule has 88 valence electrons. The molecule has 0 amide bonds. The third-order valence-electron chi connectivity index (χ3n) is 2.49. The van der Waals surface area contributed by atoms with E-state index in [-0.39, 0.29) is 5.41 Å². The van der Waals surface area contributed by atoms with Gasteiger partial charge in [-0.3, -0.25) is 0 Å². The van der Waals surface area contributed by atoms with Crippen LogP contribution in [0.2, 0.25) is 0 Å². The lowest BCUT2D eigenvalue weighted by Gasteiger charge is -2.23. The van der Waals surface area contributed by atoms with Crippen LogP contribution in [0.5, 0.6) is 5.75 Å². The molecule has 1 aromatic carbocycles. The molecular weight excluding hydrogens is 198 g/mol. The molecule has 0 heterocycles. The molecule has 1 aromatic rings. The Bertz CT molecular complexity index is 375. The molecule has 2 N–H and O–H groups in total. The summed E-state index contributed by atoms with van der Waals surface area (Å²) >= 11 is 0. The van der Waals surface area contributed by atoms with Crippen LogP contribution in [0.25, 0.3) is 6.08 Å². The lowest BCUT2D eigenvalue weighted by Crippen LogP contribution is -2.13. The minimum absolute atomic E-state index is 0.0813. The summed E-state index contributed by atoms with van der Waals surface area (Å²) in [5.41, 5.74) is 7.85. The second kappa shape index (κ2) is 5.17. The standard InChI is InChI=1S/C14H21NO/c1-14(2,3)12-9-5-7-11(8-6-10-15)13(12)16-4/h5-9H,10,15H2,1-4H3/b8-6+. The van der Waals surface area contributed by atoms with Crippen LogP contribution in [-0.4, -0.2) is 13.7 Å². The van der Waals surface area contributed by atoms with Crippen molar-refractivity contribution in [3.05, 3.63) is 35.4 Å². The lowest BCUT2D eigenvalue weighted by atomic mass is 9.85. The maximum atomic E-state index is 5.51. The Labute approximate surface area is 98.1 Å². The van der Waals surface area contributed by atoms with Crippen LogP contribution in [-0.2, 0) is 5.41 Å². The van der Waals surface area contributed by atoms with E-state index in [4.69, 9.17) is 10.5 Å². The van der Waals surface area contributed by atoms with E-state index in [0.717, 1.165) is 11.3 Å². The van der Waals surface area contributed by atoms with Gasteiger partial charge in [0.2, 0.25) is 0 Å². The first-order valence-electron chi connectivity index (χ1n) is 5.54. The highest BCUT2D eigenvalue weighted by atomic mass is 16.5. The molecular formula is C14H21NO. The van der Waals surface area contributed by atoms with Gasteiger partial charge in [0.15, 0.2) is 0 Å². The zero-order valence-electron chi connectivity index (χ0n) is 10.6. The summed E-state index contributed by atoms with van der Waals surface area (Å²) in [6.45, 7) is 7.09. The first kappa shape index (κ1) is 12.8. The molecule has 0 aliphatic carbocycles. The fraction of sp³-hybridized carbons (Fsp3) is 0.429. The monoisotopic (exact) mass is 219 g/mol. The summed E-state index contributed by atoms with van der Waals surface area (Å²) in [7, 11) is 1.71. The van der Waals surface area contributed by atoms with E-state index in [1.54, 1.807) is 7.11 Å². The summed E-state index contributed by atoms with van der Waals surface area (Å²) < 4.78 is 5.51. The van der Waals surface area contributed by atoms with Crippen molar-refractivity contribution in [1.82, 2.24) is 0 Å². The van der Waals surface area contributed by atoms with Crippen LogP contribution in [0.3, 0.4) is 0 Å². The van der Waals surface area contributed by atoms with Crippen LogP contribution < -0.4 is 10.5 Å². The van der Waals surface area contributed by atoms with E-state index in [1.807, 2.05) is 18.2 Å². The average Bonchev–Trinajstić information content (AvgIpc) is 2.24. The number of nitrogens with two attached hydrogens (primary N) is 1. The Hall–Kier alpha value is -1.28. The van der Waals surface area contributed by atoms with Gasteiger partial charge < -0.3 is 10.5 Å². The van der Waals surface area contributed by atoms with Gasteiger partial charge in [-0.15, -0.1) is 0 Å². The molecule has 0 fully saturated rings. The van der Waals surface area contributed by atoms with Crippen LogP contribution in [0.15, 0.2) is 24.3 Å². The quantitative estimate of drug-likeness (QED) is 0.848. The number of rotatable bonds is 3. The van der Waals surface area contributed by atoms with Crippen molar-refractivity contribution in [2.75, 3.05) is 13.7 Å². The van der Waals surface area contributed by atoms with E-state index in [0.29, 0.717) is 6.54 Å². The Morgan fingerprint density at radius 1 is 1.31 bits per heavy atom. The smallest absolute Gasteiger partial charge is 0.129 e. The highest BCUT2D eigenvalue weighted by Crippen LogP contribution is 2.34. The van der Waals surface area contributed by atoms with Gasteiger partial charge in [-0.2, -0.15) is 0 Å². The first-order valence-corrected chi connectivity index (χ1v) is 5.54. The molecule has 0 bridgehead atoms. The molecule has 0 saturated carbocycles.